The van der Waals surface area contributed by atoms with Gasteiger partial charge in [-0.05, 0) is 0 Å². The fourth-order valence-corrected chi connectivity index (χ4v) is 0.785. The van der Waals surface area contributed by atoms with Crippen LogP contribution in [0.5, 0.6) is 0 Å². The monoisotopic (exact) mass is 153 g/mol. The van der Waals surface area contributed by atoms with Crippen LogP contribution in [0.4, 0.5) is 0 Å². The zero-order chi connectivity index (χ0) is 8.10. The van der Waals surface area contributed by atoms with Crippen LogP contribution in [0, 0.1) is 12.3 Å². The molecule has 0 bridgehead atoms. The fourth-order valence-electron chi connectivity index (χ4n) is 0.785. The third kappa shape index (κ3) is 2.13. The highest BCUT2D eigenvalue weighted by atomic mass is 16.6. The van der Waals surface area contributed by atoms with Gasteiger partial charge in [0.05, 0.1) is 6.54 Å². The lowest BCUT2D eigenvalue weighted by Gasteiger charge is -2.13. The minimum absolute atomic E-state index is 0.257. The second-order valence-electron chi connectivity index (χ2n) is 2.22. The van der Waals surface area contributed by atoms with Gasteiger partial charge in [-0.2, -0.15) is 0 Å². The van der Waals surface area contributed by atoms with Crippen molar-refractivity contribution in [2.24, 2.45) is 4.99 Å². The second-order valence-corrected chi connectivity index (χ2v) is 2.22. The number of hydrogen-bond acceptors (Lipinski definition) is 4. The summed E-state index contributed by atoms with van der Waals surface area (Å²) >= 11 is 0. The largest absolute Gasteiger partial charge is 0.342 e. The topological polar surface area (TPSA) is 36.9 Å². The maximum atomic E-state index is 4.98. The molecule has 0 unspecified atom stereocenters. The van der Waals surface area contributed by atoms with Crippen LogP contribution in [0.15, 0.2) is 4.99 Å². The summed E-state index contributed by atoms with van der Waals surface area (Å²) in [6.45, 7) is 2.01. The summed E-state index contributed by atoms with van der Waals surface area (Å²) in [7, 11) is 1.94. The van der Waals surface area contributed by atoms with E-state index < -0.39 is 0 Å². The summed E-state index contributed by atoms with van der Waals surface area (Å²) in [6, 6.07) is 0. The Morgan fingerprint density at radius 3 is 3.27 bits per heavy atom. The van der Waals surface area contributed by atoms with Crippen molar-refractivity contribution < 1.29 is 4.84 Å². The SMILES string of the molecule is C#CCONC1=NCCN1C. The average Bonchev–Trinajstić information content (AvgIpc) is 2.37. The number of nitrogens with one attached hydrogen (secondary N) is 1. The number of likely N-dealkylation sites (N-methyl/N-ethyl adjacent to an activating group) is 1. The van der Waals surface area contributed by atoms with Crippen molar-refractivity contribution in [3.05, 3.63) is 0 Å². The molecule has 1 rings (SSSR count). The Balaban J connectivity index is 2.21. The summed E-state index contributed by atoms with van der Waals surface area (Å²) in [5, 5.41) is 0. The van der Waals surface area contributed by atoms with Crippen molar-refractivity contribution in [3.63, 3.8) is 0 Å². The predicted molar refractivity (Wildman–Crippen MR) is 42.9 cm³/mol. The Morgan fingerprint density at radius 1 is 1.91 bits per heavy atom. The van der Waals surface area contributed by atoms with Crippen molar-refractivity contribution in [2.45, 2.75) is 0 Å². The molecular formula is C7H11N3O. The molecule has 4 nitrogen and oxygen atoms in total. The zero-order valence-electron chi connectivity index (χ0n) is 6.50. The van der Waals surface area contributed by atoms with Crippen molar-refractivity contribution in [1.29, 1.82) is 0 Å². The molecule has 1 aliphatic heterocycles. The Labute approximate surface area is 66.2 Å². The van der Waals surface area contributed by atoms with Crippen LogP contribution in [0.1, 0.15) is 0 Å². The summed E-state index contributed by atoms with van der Waals surface area (Å²) in [4.78, 5) is 11.0. The third-order valence-corrected chi connectivity index (χ3v) is 1.38. The Bertz CT molecular complexity index is 194. The van der Waals surface area contributed by atoms with Gasteiger partial charge >= 0.3 is 0 Å². The van der Waals surface area contributed by atoms with Gasteiger partial charge in [-0.1, -0.05) is 5.92 Å². The fraction of sp³-hybridized carbons (Fsp3) is 0.571. The third-order valence-electron chi connectivity index (χ3n) is 1.38. The second kappa shape index (κ2) is 3.84. The molecule has 0 saturated carbocycles. The van der Waals surface area contributed by atoms with Crippen LogP contribution in [-0.4, -0.2) is 37.6 Å². The van der Waals surface area contributed by atoms with Crippen molar-refractivity contribution in [2.75, 3.05) is 26.7 Å². The summed E-state index contributed by atoms with van der Waals surface area (Å²) in [5.41, 5.74) is 2.67. The number of nitrogens with zero attached hydrogens (tertiary/aromatic N) is 2. The number of hydroxylamine groups is 1. The molecule has 1 heterocycles. The molecule has 0 amide bonds. The van der Waals surface area contributed by atoms with E-state index in [9.17, 15) is 0 Å². The average molecular weight is 153 g/mol. The van der Waals surface area contributed by atoms with E-state index >= 15 is 0 Å². The maximum absolute atomic E-state index is 4.98. The molecule has 11 heavy (non-hydrogen) atoms. The van der Waals surface area contributed by atoms with Crippen LogP contribution < -0.4 is 5.48 Å². The molecule has 0 spiro atoms. The number of terminal acetylenes is 1. The van der Waals surface area contributed by atoms with Crippen LogP contribution in [-0.2, 0) is 4.84 Å². The molecule has 1 N–H and O–H groups in total. The molecular weight excluding hydrogens is 142 g/mol. The number of hydrogen-bond donors (Lipinski definition) is 1. The van der Waals surface area contributed by atoms with E-state index in [4.69, 9.17) is 11.3 Å². The van der Waals surface area contributed by atoms with Crippen LogP contribution in [0.3, 0.4) is 0 Å². The van der Waals surface area contributed by atoms with E-state index in [1.54, 1.807) is 0 Å². The molecule has 0 aromatic rings. The van der Waals surface area contributed by atoms with E-state index in [1.165, 1.54) is 0 Å². The van der Waals surface area contributed by atoms with Gasteiger partial charge in [0, 0.05) is 13.6 Å². The van der Waals surface area contributed by atoms with Crippen molar-refractivity contribution in [1.82, 2.24) is 10.4 Å². The van der Waals surface area contributed by atoms with Crippen LogP contribution in [0.2, 0.25) is 0 Å². The van der Waals surface area contributed by atoms with Gasteiger partial charge < -0.3 is 4.90 Å². The lowest BCUT2D eigenvalue weighted by atomic mass is 10.6. The van der Waals surface area contributed by atoms with Crippen LogP contribution in [0.25, 0.3) is 0 Å². The van der Waals surface area contributed by atoms with Gasteiger partial charge in [-0.15, -0.1) is 6.42 Å². The predicted octanol–water partition coefficient (Wildman–Crippen LogP) is -0.558. The van der Waals surface area contributed by atoms with Crippen molar-refractivity contribution >= 4 is 5.96 Å². The highest BCUT2D eigenvalue weighted by Crippen LogP contribution is 1.93. The Hall–Kier alpha value is -1.21. The zero-order valence-corrected chi connectivity index (χ0v) is 6.50. The minimum Gasteiger partial charge on any atom is -0.342 e. The van der Waals surface area contributed by atoms with Crippen LogP contribution >= 0.6 is 0 Å². The van der Waals surface area contributed by atoms with E-state index in [1.807, 2.05) is 11.9 Å². The van der Waals surface area contributed by atoms with Gasteiger partial charge in [-0.25, -0.2) is 10.5 Å². The quantitative estimate of drug-likeness (QED) is 0.328. The molecule has 0 aliphatic carbocycles. The standard InChI is InChI=1S/C7H11N3O/c1-3-6-11-9-7-8-4-5-10(7)2/h1H,4-6H2,2H3,(H,8,9). The lowest BCUT2D eigenvalue weighted by Crippen LogP contribution is -2.35. The number of guanidine groups is 1. The van der Waals surface area contributed by atoms with E-state index in [0.717, 1.165) is 19.0 Å². The van der Waals surface area contributed by atoms with Gasteiger partial charge in [0.2, 0.25) is 5.96 Å². The summed E-state index contributed by atoms with van der Waals surface area (Å²) in [5.74, 6) is 3.10. The first-order valence-corrected chi connectivity index (χ1v) is 3.41. The maximum Gasteiger partial charge on any atom is 0.218 e. The molecule has 0 aromatic carbocycles. The van der Waals surface area contributed by atoms with Gasteiger partial charge in [0.25, 0.3) is 0 Å². The first-order chi connectivity index (χ1) is 5.34. The van der Waals surface area contributed by atoms with E-state index in [2.05, 4.69) is 16.4 Å². The summed E-state index contributed by atoms with van der Waals surface area (Å²) < 4.78 is 0. The van der Waals surface area contributed by atoms with E-state index in [0.29, 0.717) is 0 Å². The molecule has 1 aliphatic rings. The lowest BCUT2D eigenvalue weighted by molar-refractivity contribution is 0.107. The smallest absolute Gasteiger partial charge is 0.218 e. The van der Waals surface area contributed by atoms with Gasteiger partial charge in [0.15, 0.2) is 0 Å². The minimum atomic E-state index is 0.257. The molecule has 0 saturated heterocycles. The molecule has 0 radical (unpaired) electrons. The number of aliphatic imine (C=N–C) groups is 1. The molecule has 4 heteroatoms. The summed E-state index contributed by atoms with van der Waals surface area (Å²) in [6.07, 6.45) is 4.98. The van der Waals surface area contributed by atoms with E-state index in [-0.39, 0.29) is 6.61 Å². The Morgan fingerprint density at radius 2 is 2.73 bits per heavy atom. The van der Waals surface area contributed by atoms with Crippen molar-refractivity contribution in [3.8, 4) is 12.3 Å². The molecule has 60 valence electrons. The first-order valence-electron chi connectivity index (χ1n) is 3.41. The molecule has 0 aromatic heterocycles. The highest BCUT2D eigenvalue weighted by molar-refractivity contribution is 5.80. The van der Waals surface area contributed by atoms with Gasteiger partial charge in [0.1, 0.15) is 6.61 Å². The van der Waals surface area contributed by atoms with Gasteiger partial charge in [-0.3, -0.25) is 4.84 Å². The first kappa shape index (κ1) is 7.89. The molecule has 0 fully saturated rings. The number of rotatable bonds is 2. The molecule has 0 atom stereocenters. The normalized spacial score (nSPS) is 16.0. The highest BCUT2D eigenvalue weighted by Gasteiger charge is 2.10. The Kier molecular flexibility index (Phi) is 2.75.